The number of hydrogen-bond acceptors (Lipinski definition) is 5. The normalized spacial score (nSPS) is 17.8. The minimum absolute atomic E-state index is 0. The Bertz CT molecular complexity index is 593. The number of guanidine groups is 1. The summed E-state index contributed by atoms with van der Waals surface area (Å²) in [4.78, 5) is 9.28. The van der Waals surface area contributed by atoms with Gasteiger partial charge in [-0.15, -0.1) is 24.0 Å². The molecule has 1 aromatic rings. The smallest absolute Gasteiger partial charge is 0.191 e. The first-order chi connectivity index (χ1) is 13.1. The highest BCUT2D eigenvalue weighted by molar-refractivity contribution is 14.0. The fourth-order valence-corrected chi connectivity index (χ4v) is 3.31. The third-order valence-electron chi connectivity index (χ3n) is 4.67. The zero-order valence-corrected chi connectivity index (χ0v) is 20.2. The van der Waals surface area contributed by atoms with Crippen molar-refractivity contribution in [1.82, 2.24) is 25.4 Å². The monoisotopic (exact) mass is 508 g/mol. The largest absolute Gasteiger partial charge is 0.378 e. The highest BCUT2D eigenvalue weighted by atomic mass is 127. The minimum Gasteiger partial charge on any atom is -0.378 e. The zero-order valence-electron chi connectivity index (χ0n) is 17.9. The molecule has 1 aromatic heterocycles. The first-order valence-corrected chi connectivity index (χ1v) is 10.1. The lowest BCUT2D eigenvalue weighted by Gasteiger charge is -2.25. The van der Waals surface area contributed by atoms with Crippen molar-refractivity contribution in [2.24, 2.45) is 10.9 Å². The number of aromatic nitrogens is 3. The molecule has 0 spiro atoms. The Morgan fingerprint density at radius 2 is 2.14 bits per heavy atom. The summed E-state index contributed by atoms with van der Waals surface area (Å²) in [5.74, 6) is 3.16. The molecule has 9 heteroatoms. The second-order valence-electron chi connectivity index (χ2n) is 7.23. The molecule has 0 saturated carbocycles. The van der Waals surface area contributed by atoms with Gasteiger partial charge in [-0.05, 0) is 32.6 Å². The minimum atomic E-state index is 0. The highest BCUT2D eigenvalue weighted by Crippen LogP contribution is 2.14. The fourth-order valence-electron chi connectivity index (χ4n) is 3.31. The lowest BCUT2D eigenvalue weighted by molar-refractivity contribution is 0.0266. The van der Waals surface area contributed by atoms with E-state index in [1.807, 2.05) is 11.6 Å². The molecular formula is C19H37IN6O2. The van der Waals surface area contributed by atoms with E-state index in [1.54, 1.807) is 7.11 Å². The number of rotatable bonds is 10. The summed E-state index contributed by atoms with van der Waals surface area (Å²) < 4.78 is 12.9. The molecule has 8 nitrogen and oxygen atoms in total. The quantitative estimate of drug-likeness (QED) is 0.287. The molecule has 2 heterocycles. The van der Waals surface area contributed by atoms with E-state index in [2.05, 4.69) is 41.5 Å². The molecule has 0 fully saturated rings. The summed E-state index contributed by atoms with van der Waals surface area (Å²) in [6, 6.07) is 0.292. The Hall–Kier alpha value is -0.940. The number of nitrogens with zero attached hydrogens (tertiary/aromatic N) is 4. The van der Waals surface area contributed by atoms with Crippen molar-refractivity contribution in [1.29, 1.82) is 0 Å². The number of aryl methyl sites for hydroxylation is 1. The van der Waals surface area contributed by atoms with Gasteiger partial charge in [0.05, 0.1) is 12.6 Å². The van der Waals surface area contributed by atoms with E-state index >= 15 is 0 Å². The van der Waals surface area contributed by atoms with Crippen molar-refractivity contribution in [3.63, 3.8) is 0 Å². The molecule has 2 unspecified atom stereocenters. The average molecular weight is 508 g/mol. The zero-order chi connectivity index (χ0) is 19.6. The molecule has 0 aliphatic carbocycles. The van der Waals surface area contributed by atoms with Crippen LogP contribution in [0.2, 0.25) is 0 Å². The van der Waals surface area contributed by atoms with E-state index in [4.69, 9.17) is 14.5 Å². The number of halogens is 1. The molecule has 0 aromatic carbocycles. The van der Waals surface area contributed by atoms with E-state index < -0.39 is 0 Å². The van der Waals surface area contributed by atoms with Crippen LogP contribution in [0.15, 0.2) is 4.99 Å². The maximum absolute atomic E-state index is 5.82. The molecule has 28 heavy (non-hydrogen) atoms. The fraction of sp³-hybridized carbons (Fsp3) is 0.842. The van der Waals surface area contributed by atoms with Crippen LogP contribution >= 0.6 is 24.0 Å². The third-order valence-corrected chi connectivity index (χ3v) is 4.67. The van der Waals surface area contributed by atoms with E-state index in [0.717, 1.165) is 63.1 Å². The van der Waals surface area contributed by atoms with Crippen LogP contribution in [-0.2, 0) is 29.0 Å². The van der Waals surface area contributed by atoms with Gasteiger partial charge in [-0.1, -0.05) is 13.8 Å². The first kappa shape index (κ1) is 25.1. The van der Waals surface area contributed by atoms with Crippen LogP contribution < -0.4 is 10.6 Å². The maximum atomic E-state index is 5.82. The molecule has 1 aliphatic rings. The van der Waals surface area contributed by atoms with Crippen molar-refractivity contribution in [3.8, 4) is 0 Å². The van der Waals surface area contributed by atoms with Crippen molar-refractivity contribution >= 4 is 29.9 Å². The molecule has 2 atom stereocenters. The predicted molar refractivity (Wildman–Crippen MR) is 122 cm³/mol. The lowest BCUT2D eigenvalue weighted by atomic mass is 10.0. The number of fused-ring (bicyclic) bond motifs is 1. The SMILES string of the molecule is CCNC(=NCCC(OCC)C(C)C)NC1CCc2nc(COC)nn2C1.I. The van der Waals surface area contributed by atoms with Crippen molar-refractivity contribution in [3.05, 3.63) is 11.6 Å². The lowest BCUT2D eigenvalue weighted by Crippen LogP contribution is -2.47. The van der Waals surface area contributed by atoms with Crippen LogP contribution in [0.1, 0.15) is 52.2 Å². The number of methoxy groups -OCH3 is 1. The summed E-state index contributed by atoms with van der Waals surface area (Å²) in [7, 11) is 1.67. The van der Waals surface area contributed by atoms with Crippen LogP contribution in [0.25, 0.3) is 0 Å². The van der Waals surface area contributed by atoms with Gasteiger partial charge in [0.1, 0.15) is 12.4 Å². The Kier molecular flexibility index (Phi) is 11.9. The van der Waals surface area contributed by atoms with Gasteiger partial charge in [-0.3, -0.25) is 4.99 Å². The van der Waals surface area contributed by atoms with Gasteiger partial charge < -0.3 is 20.1 Å². The van der Waals surface area contributed by atoms with Crippen LogP contribution in [-0.4, -0.2) is 59.7 Å². The molecular weight excluding hydrogens is 471 g/mol. The predicted octanol–water partition coefficient (Wildman–Crippen LogP) is 2.36. The van der Waals surface area contributed by atoms with Crippen LogP contribution in [0.3, 0.4) is 0 Å². The van der Waals surface area contributed by atoms with E-state index in [-0.39, 0.29) is 30.1 Å². The molecule has 0 saturated heterocycles. The summed E-state index contributed by atoms with van der Waals surface area (Å²) in [6.45, 7) is 12.1. The van der Waals surface area contributed by atoms with Gasteiger partial charge in [0.25, 0.3) is 0 Å². The van der Waals surface area contributed by atoms with Crippen LogP contribution in [0.5, 0.6) is 0 Å². The van der Waals surface area contributed by atoms with E-state index in [9.17, 15) is 0 Å². The topological polar surface area (TPSA) is 85.6 Å². The second kappa shape index (κ2) is 13.3. The third kappa shape index (κ3) is 7.82. The van der Waals surface area contributed by atoms with Crippen LogP contribution in [0, 0.1) is 5.92 Å². The van der Waals surface area contributed by atoms with E-state index in [0.29, 0.717) is 18.6 Å². The first-order valence-electron chi connectivity index (χ1n) is 10.1. The summed E-state index contributed by atoms with van der Waals surface area (Å²) >= 11 is 0. The molecule has 0 amide bonds. The van der Waals surface area contributed by atoms with Gasteiger partial charge in [0, 0.05) is 39.3 Å². The van der Waals surface area contributed by atoms with Gasteiger partial charge in [-0.2, -0.15) is 5.10 Å². The second-order valence-corrected chi connectivity index (χ2v) is 7.23. The standard InChI is InChI=1S/C19H36N6O2.HI/c1-6-20-19(21-11-10-16(14(3)4)27-7-2)22-15-8-9-18-23-17(13-26-5)24-25(18)12-15;/h14-16H,6-13H2,1-5H3,(H2,20,21,22);1H. The van der Waals surface area contributed by atoms with Crippen molar-refractivity contribution in [2.45, 2.75) is 72.3 Å². The summed E-state index contributed by atoms with van der Waals surface area (Å²) in [5.41, 5.74) is 0. The Labute approximate surface area is 186 Å². The number of hydrogen-bond donors (Lipinski definition) is 2. The number of aliphatic imine (C=N–C) groups is 1. The van der Waals surface area contributed by atoms with E-state index in [1.165, 1.54) is 0 Å². The van der Waals surface area contributed by atoms with Crippen molar-refractivity contribution < 1.29 is 9.47 Å². The number of nitrogens with one attached hydrogen (secondary N) is 2. The van der Waals surface area contributed by atoms with Crippen molar-refractivity contribution in [2.75, 3.05) is 26.8 Å². The van der Waals surface area contributed by atoms with Crippen LogP contribution in [0.4, 0.5) is 0 Å². The number of ether oxygens (including phenoxy) is 2. The van der Waals surface area contributed by atoms with Gasteiger partial charge >= 0.3 is 0 Å². The molecule has 2 rings (SSSR count). The Morgan fingerprint density at radius 1 is 1.36 bits per heavy atom. The Balaban J connectivity index is 0.00000392. The van der Waals surface area contributed by atoms with Gasteiger partial charge in [-0.25, -0.2) is 9.67 Å². The molecule has 0 radical (unpaired) electrons. The van der Waals surface area contributed by atoms with Gasteiger partial charge in [0.2, 0.25) is 0 Å². The Morgan fingerprint density at radius 3 is 2.79 bits per heavy atom. The summed E-state index contributed by atoms with van der Waals surface area (Å²) in [6.07, 6.45) is 3.12. The molecule has 1 aliphatic heterocycles. The molecule has 162 valence electrons. The average Bonchev–Trinajstić information content (AvgIpc) is 3.03. The highest BCUT2D eigenvalue weighted by Gasteiger charge is 2.22. The summed E-state index contributed by atoms with van der Waals surface area (Å²) in [5, 5.41) is 11.4. The molecule has 0 bridgehead atoms. The maximum Gasteiger partial charge on any atom is 0.191 e. The van der Waals surface area contributed by atoms with Gasteiger partial charge in [0.15, 0.2) is 11.8 Å². The molecule has 2 N–H and O–H groups in total.